The minimum absolute atomic E-state index is 0.0591. The van der Waals surface area contributed by atoms with Crippen LogP contribution in [0.2, 0.25) is 0 Å². The zero-order valence-electron chi connectivity index (χ0n) is 17.4. The van der Waals surface area contributed by atoms with Crippen molar-refractivity contribution in [3.63, 3.8) is 0 Å². The quantitative estimate of drug-likeness (QED) is 0.649. The van der Waals surface area contributed by atoms with E-state index in [1.807, 2.05) is 32.0 Å². The molecule has 0 aliphatic heterocycles. The number of aromatic nitrogens is 1. The molecule has 1 heterocycles. The number of nitrogens with zero attached hydrogens (tertiary/aromatic N) is 2. The number of amides is 3. The highest BCUT2D eigenvalue weighted by Crippen LogP contribution is 2.30. The summed E-state index contributed by atoms with van der Waals surface area (Å²) in [7, 11) is 0. The van der Waals surface area contributed by atoms with E-state index in [2.05, 4.69) is 9.69 Å². The van der Waals surface area contributed by atoms with Gasteiger partial charge >= 0.3 is 0 Å². The molecule has 1 aliphatic rings. The first-order valence-electron chi connectivity index (χ1n) is 9.96. The minimum atomic E-state index is -0.798. The van der Waals surface area contributed by atoms with Crippen molar-refractivity contribution < 1.29 is 14.4 Å². The average molecular weight is 430 g/mol. The van der Waals surface area contributed by atoms with Crippen molar-refractivity contribution in [2.45, 2.75) is 58.5 Å². The van der Waals surface area contributed by atoms with Gasteiger partial charge < -0.3 is 16.8 Å². The van der Waals surface area contributed by atoms with Crippen LogP contribution < -0.4 is 21.7 Å². The zero-order chi connectivity index (χ0) is 22.0. The number of nitrogen functional groups attached to an aromatic ring is 1. The van der Waals surface area contributed by atoms with Crippen LogP contribution in [0.1, 0.15) is 63.9 Å². The van der Waals surface area contributed by atoms with Crippen molar-refractivity contribution >= 4 is 40.6 Å². The maximum atomic E-state index is 13.5. The molecular weight excluding hydrogens is 402 g/mol. The molecule has 0 radical (unpaired) electrons. The first-order valence-corrected chi connectivity index (χ1v) is 10.7. The van der Waals surface area contributed by atoms with Crippen LogP contribution in [-0.4, -0.2) is 34.2 Å². The van der Waals surface area contributed by atoms with Crippen LogP contribution in [0.25, 0.3) is 0 Å². The van der Waals surface area contributed by atoms with Crippen LogP contribution in [-0.2, 0) is 4.79 Å². The Morgan fingerprint density at radius 3 is 2.50 bits per heavy atom. The lowest BCUT2D eigenvalue weighted by atomic mass is 10.1. The highest BCUT2D eigenvalue weighted by atomic mass is 32.1. The van der Waals surface area contributed by atoms with Crippen molar-refractivity contribution in [3.05, 3.63) is 39.9 Å². The number of anilines is 2. The summed E-state index contributed by atoms with van der Waals surface area (Å²) < 4.78 is 3.93. The van der Waals surface area contributed by atoms with Gasteiger partial charge in [-0.1, -0.05) is 25.0 Å². The third kappa shape index (κ3) is 4.30. The second kappa shape index (κ2) is 8.83. The summed E-state index contributed by atoms with van der Waals surface area (Å²) in [6.07, 6.45) is 4.07. The molecule has 5 N–H and O–H groups in total. The van der Waals surface area contributed by atoms with E-state index in [0.29, 0.717) is 5.69 Å². The summed E-state index contributed by atoms with van der Waals surface area (Å²) in [6, 6.07) is 5.05. The second-order valence-electron chi connectivity index (χ2n) is 7.77. The van der Waals surface area contributed by atoms with E-state index in [0.717, 1.165) is 48.3 Å². The van der Waals surface area contributed by atoms with Crippen molar-refractivity contribution in [1.82, 2.24) is 9.69 Å². The van der Waals surface area contributed by atoms with Gasteiger partial charge in [0, 0.05) is 11.7 Å². The lowest BCUT2D eigenvalue weighted by molar-refractivity contribution is -0.122. The molecule has 2 aromatic rings. The molecule has 1 aromatic carbocycles. The number of rotatable bonds is 6. The SMILES string of the molecule is Cc1ccc(C)c(N(C(=O)c2snc(C(N)=O)c2N)C(C)C(=O)NC2CCCC2)c1. The van der Waals surface area contributed by atoms with Crippen LogP contribution in [0, 0.1) is 13.8 Å². The third-order valence-electron chi connectivity index (χ3n) is 5.47. The predicted molar refractivity (Wildman–Crippen MR) is 118 cm³/mol. The van der Waals surface area contributed by atoms with E-state index >= 15 is 0 Å². The largest absolute Gasteiger partial charge is 0.395 e. The van der Waals surface area contributed by atoms with Crippen molar-refractivity contribution in [2.75, 3.05) is 10.6 Å². The summed E-state index contributed by atoms with van der Waals surface area (Å²) in [5, 5.41) is 3.06. The van der Waals surface area contributed by atoms with E-state index in [1.165, 1.54) is 4.90 Å². The van der Waals surface area contributed by atoms with Crippen molar-refractivity contribution in [2.24, 2.45) is 5.73 Å². The highest BCUT2D eigenvalue weighted by molar-refractivity contribution is 7.09. The molecule has 1 atom stereocenters. The predicted octanol–water partition coefficient (Wildman–Crippen LogP) is 2.54. The second-order valence-corrected chi connectivity index (χ2v) is 8.54. The molecule has 1 unspecified atom stereocenters. The van der Waals surface area contributed by atoms with Gasteiger partial charge in [0.25, 0.3) is 11.8 Å². The van der Waals surface area contributed by atoms with Gasteiger partial charge in [0.2, 0.25) is 5.91 Å². The summed E-state index contributed by atoms with van der Waals surface area (Å²) in [6.45, 7) is 5.48. The number of benzene rings is 1. The molecule has 3 amide bonds. The van der Waals surface area contributed by atoms with Crippen LogP contribution in [0.5, 0.6) is 0 Å². The van der Waals surface area contributed by atoms with Gasteiger partial charge in [-0.2, -0.15) is 4.37 Å². The van der Waals surface area contributed by atoms with Gasteiger partial charge in [0.1, 0.15) is 10.9 Å². The Balaban J connectivity index is 2.01. The number of carbonyl (C=O) groups is 3. The standard InChI is InChI=1S/C21H27N5O3S/c1-11-8-9-12(2)15(10-11)26(13(3)20(28)24-14-6-4-5-7-14)21(29)18-16(22)17(19(23)27)25-30-18/h8-10,13-14H,4-7,22H2,1-3H3,(H2,23,27)(H,24,28). The van der Waals surface area contributed by atoms with E-state index in [9.17, 15) is 14.4 Å². The third-order valence-corrected chi connectivity index (χ3v) is 6.32. The Bertz CT molecular complexity index is 981. The Labute approximate surface area is 179 Å². The van der Waals surface area contributed by atoms with E-state index < -0.39 is 17.9 Å². The molecule has 30 heavy (non-hydrogen) atoms. The molecule has 1 fully saturated rings. The minimum Gasteiger partial charge on any atom is -0.395 e. The summed E-state index contributed by atoms with van der Waals surface area (Å²) in [4.78, 5) is 39.6. The van der Waals surface area contributed by atoms with Crippen LogP contribution >= 0.6 is 11.5 Å². The van der Waals surface area contributed by atoms with E-state index in [-0.39, 0.29) is 28.2 Å². The Kier molecular flexibility index (Phi) is 6.40. The Morgan fingerprint density at radius 1 is 1.23 bits per heavy atom. The lowest BCUT2D eigenvalue weighted by Gasteiger charge is -2.30. The molecule has 0 spiro atoms. The molecule has 1 aliphatic carbocycles. The van der Waals surface area contributed by atoms with E-state index in [1.54, 1.807) is 6.92 Å². The summed E-state index contributed by atoms with van der Waals surface area (Å²) in [5.74, 6) is -1.51. The molecule has 9 heteroatoms. The molecule has 1 saturated carbocycles. The fourth-order valence-electron chi connectivity index (χ4n) is 3.72. The molecule has 3 rings (SSSR count). The first kappa shape index (κ1) is 21.8. The topological polar surface area (TPSA) is 131 Å². The zero-order valence-corrected chi connectivity index (χ0v) is 18.2. The maximum absolute atomic E-state index is 13.5. The highest BCUT2D eigenvalue weighted by Gasteiger charge is 2.34. The summed E-state index contributed by atoms with van der Waals surface area (Å²) in [5.41, 5.74) is 13.5. The first-order chi connectivity index (χ1) is 14.2. The van der Waals surface area contributed by atoms with Crippen molar-refractivity contribution in [1.29, 1.82) is 0 Å². The van der Waals surface area contributed by atoms with Gasteiger partial charge in [-0.05, 0) is 62.3 Å². The molecule has 160 valence electrons. The number of carbonyl (C=O) groups excluding carboxylic acids is 3. The molecule has 0 bridgehead atoms. The monoisotopic (exact) mass is 429 g/mol. The fraction of sp³-hybridized carbons (Fsp3) is 0.429. The van der Waals surface area contributed by atoms with Crippen LogP contribution in [0.3, 0.4) is 0 Å². The number of primary amides is 1. The van der Waals surface area contributed by atoms with Gasteiger partial charge in [-0.3, -0.25) is 19.3 Å². The Morgan fingerprint density at radius 2 is 1.90 bits per heavy atom. The summed E-state index contributed by atoms with van der Waals surface area (Å²) >= 11 is 0.809. The van der Waals surface area contributed by atoms with Gasteiger partial charge in [-0.25, -0.2) is 0 Å². The molecular formula is C21H27N5O3S. The van der Waals surface area contributed by atoms with Gasteiger partial charge in [0.05, 0.1) is 5.69 Å². The number of nitrogens with one attached hydrogen (secondary N) is 1. The van der Waals surface area contributed by atoms with Gasteiger partial charge in [-0.15, -0.1) is 0 Å². The fourth-order valence-corrected chi connectivity index (χ4v) is 4.46. The number of nitrogens with two attached hydrogens (primary N) is 2. The number of hydrogen-bond donors (Lipinski definition) is 3. The van der Waals surface area contributed by atoms with E-state index in [4.69, 9.17) is 11.5 Å². The Hall–Kier alpha value is -2.94. The molecule has 1 aromatic heterocycles. The smallest absolute Gasteiger partial charge is 0.272 e. The molecule has 0 saturated heterocycles. The van der Waals surface area contributed by atoms with Crippen LogP contribution in [0.4, 0.5) is 11.4 Å². The average Bonchev–Trinajstić information content (AvgIpc) is 3.33. The number of hydrogen-bond acceptors (Lipinski definition) is 6. The van der Waals surface area contributed by atoms with Crippen LogP contribution in [0.15, 0.2) is 18.2 Å². The normalized spacial score (nSPS) is 15.0. The van der Waals surface area contributed by atoms with Crippen molar-refractivity contribution in [3.8, 4) is 0 Å². The lowest BCUT2D eigenvalue weighted by Crippen LogP contribution is -2.50. The number of aryl methyl sites for hydroxylation is 2. The van der Waals surface area contributed by atoms with Gasteiger partial charge in [0.15, 0.2) is 5.69 Å². The maximum Gasteiger partial charge on any atom is 0.272 e. The molecule has 8 nitrogen and oxygen atoms in total.